The molecule has 0 fully saturated rings. The van der Waals surface area contributed by atoms with Gasteiger partial charge in [-0.15, -0.1) is 0 Å². The van der Waals surface area contributed by atoms with Gasteiger partial charge >= 0.3 is 76.3 Å². The fourth-order valence-corrected chi connectivity index (χ4v) is 0.483. The number of aliphatic hydroxyl groups excluding tert-OH is 1. The van der Waals surface area contributed by atoms with Crippen LogP contribution in [0.2, 0.25) is 0 Å². The van der Waals surface area contributed by atoms with Gasteiger partial charge in [0.25, 0.3) is 0 Å². The summed E-state index contributed by atoms with van der Waals surface area (Å²) in [6.45, 7) is 4.05. The molecule has 0 atom stereocenters. The van der Waals surface area contributed by atoms with E-state index in [-0.39, 0.29) is 5.57 Å². The number of hydrogen-bond donors (Lipinski definition) is 1. The number of rotatable bonds is 4. The van der Waals surface area contributed by atoms with Gasteiger partial charge in [-0.1, -0.05) is 0 Å². The minimum absolute atomic E-state index is 0.303. The van der Waals surface area contributed by atoms with Crippen LogP contribution >= 0.6 is 0 Å². The summed E-state index contributed by atoms with van der Waals surface area (Å²) in [5.74, 6) is -0.784. The summed E-state index contributed by atoms with van der Waals surface area (Å²) in [5.41, 5.74) is -0.609. The van der Waals surface area contributed by atoms with Crippen molar-refractivity contribution in [2.75, 3.05) is 6.67 Å². The van der Waals surface area contributed by atoms with Crippen molar-refractivity contribution < 1.29 is 13.9 Å². The first-order valence-corrected chi connectivity index (χ1v) is 3.59. The molecule has 0 amide bonds. The number of hydrogen-bond acceptors (Lipinski definition) is 1. The first-order chi connectivity index (χ1) is 5.99. The Hall–Kier alpha value is -1.19. The van der Waals surface area contributed by atoms with Crippen LogP contribution < -0.4 is 0 Å². The quantitative estimate of drug-likeness (QED) is 0.521. The fourth-order valence-electron chi connectivity index (χ4n) is 0.483. The Morgan fingerprint density at radius 1 is 1.54 bits per heavy atom. The predicted octanol–water partition coefficient (Wildman–Crippen LogP) is 1.98. The third-order valence-electron chi connectivity index (χ3n) is 1.32. The van der Waals surface area contributed by atoms with Gasteiger partial charge in [0.15, 0.2) is 0 Å². The van der Waals surface area contributed by atoms with Crippen molar-refractivity contribution in [2.24, 2.45) is 0 Å². The van der Waals surface area contributed by atoms with E-state index >= 15 is 0 Å². The van der Waals surface area contributed by atoms with Crippen LogP contribution in [0.1, 0.15) is 6.92 Å². The zero-order valence-corrected chi connectivity index (χ0v) is 7.35. The van der Waals surface area contributed by atoms with Gasteiger partial charge in [0.05, 0.1) is 0 Å². The summed E-state index contributed by atoms with van der Waals surface area (Å²) in [5, 5.41) is 8.63. The van der Waals surface area contributed by atoms with Crippen LogP contribution in [-0.2, 0) is 0 Å². The van der Waals surface area contributed by atoms with Crippen LogP contribution in [0, 0.1) is 0 Å². The summed E-state index contributed by atoms with van der Waals surface area (Å²) in [7, 11) is 4.87. The Labute approximate surface area is 77.2 Å². The van der Waals surface area contributed by atoms with Gasteiger partial charge in [0.1, 0.15) is 0 Å². The molecule has 1 nitrogen and oxygen atoms in total. The summed E-state index contributed by atoms with van der Waals surface area (Å²) in [4.78, 5) is 0. The first-order valence-electron chi connectivity index (χ1n) is 3.59. The van der Waals surface area contributed by atoms with Crippen molar-refractivity contribution in [3.05, 3.63) is 35.7 Å². The Morgan fingerprint density at radius 3 is 2.46 bits per heavy atom. The molecule has 0 spiro atoms. The maximum atomic E-state index is 12.9. The van der Waals surface area contributed by atoms with E-state index in [4.69, 9.17) is 12.6 Å². The molecule has 0 aliphatic rings. The average molecular weight is 183 g/mol. The molecular weight excluding hydrogens is 173 g/mol. The number of allylic oxidation sites excluding steroid dienone is 3. The molecule has 0 rings (SSSR count). The average Bonchev–Trinajstić information content (AvgIpc) is 2.11. The van der Waals surface area contributed by atoms with Crippen molar-refractivity contribution in [1.82, 2.24) is 0 Å². The van der Waals surface area contributed by atoms with Gasteiger partial charge in [-0.3, -0.25) is 0 Å². The third kappa shape index (κ3) is 4.40. The van der Waals surface area contributed by atoms with E-state index in [1.165, 1.54) is 13.0 Å². The zero-order chi connectivity index (χ0) is 10.4. The molecule has 0 aromatic heterocycles. The number of halogens is 2. The van der Waals surface area contributed by atoms with Gasteiger partial charge in [-0.25, -0.2) is 0 Å². The van der Waals surface area contributed by atoms with Crippen LogP contribution in [-0.4, -0.2) is 24.9 Å². The molecule has 1 radical (unpaired) electrons. The standard InChI is InChI=1S/C9H10BF2O/c1-6(5-11)3-4-8(12)7(2)9(10)13/h3-4,13H,2,5H2,1H3/b6-3-,8-4+. The van der Waals surface area contributed by atoms with Crippen LogP contribution in [0.3, 0.4) is 0 Å². The Balaban J connectivity index is 4.51. The third-order valence-corrected chi connectivity index (χ3v) is 1.32. The Morgan fingerprint density at radius 2 is 2.08 bits per heavy atom. The van der Waals surface area contributed by atoms with E-state index in [9.17, 15) is 8.78 Å². The Bertz CT molecular complexity index is 279. The van der Waals surface area contributed by atoms with E-state index in [0.29, 0.717) is 5.57 Å². The molecule has 0 aliphatic carbocycles. The molecule has 1 N–H and O–H groups in total. The SMILES string of the molecule is [B]=C(O)C(=C)/C(F)=C\C=C(\C)CF. The second-order valence-electron chi connectivity index (χ2n) is 2.53. The predicted molar refractivity (Wildman–Crippen MR) is 50.8 cm³/mol. The van der Waals surface area contributed by atoms with Crippen molar-refractivity contribution >= 4 is 13.1 Å². The van der Waals surface area contributed by atoms with Crippen LogP contribution in [0.4, 0.5) is 8.78 Å². The van der Waals surface area contributed by atoms with Crippen molar-refractivity contribution in [3.8, 4) is 0 Å². The van der Waals surface area contributed by atoms with E-state index in [1.54, 1.807) is 0 Å². The van der Waals surface area contributed by atoms with Gasteiger partial charge in [-0.2, -0.15) is 0 Å². The van der Waals surface area contributed by atoms with E-state index in [0.717, 1.165) is 6.08 Å². The molecule has 0 unspecified atom stereocenters. The normalized spacial score (nSPS) is 12.8. The second kappa shape index (κ2) is 5.46. The summed E-state index contributed by atoms with van der Waals surface area (Å²) in [6, 6.07) is 0. The van der Waals surface area contributed by atoms with Crippen molar-refractivity contribution in [1.29, 1.82) is 0 Å². The van der Waals surface area contributed by atoms with Gasteiger partial charge in [0.2, 0.25) is 0 Å². The van der Waals surface area contributed by atoms with Crippen molar-refractivity contribution in [2.45, 2.75) is 6.92 Å². The van der Waals surface area contributed by atoms with Crippen LogP contribution in [0.15, 0.2) is 35.7 Å². The number of alkyl halides is 1. The zero-order valence-electron chi connectivity index (χ0n) is 7.35. The van der Waals surface area contributed by atoms with Crippen LogP contribution in [0.25, 0.3) is 0 Å². The minimum atomic E-state index is -0.784. The van der Waals surface area contributed by atoms with E-state index < -0.39 is 18.2 Å². The molecule has 69 valence electrons. The maximum absolute atomic E-state index is 12.9. The first kappa shape index (κ1) is 11.8. The van der Waals surface area contributed by atoms with Crippen molar-refractivity contribution in [3.63, 3.8) is 0 Å². The molecule has 4 heteroatoms. The van der Waals surface area contributed by atoms with E-state index in [2.05, 4.69) is 6.58 Å². The van der Waals surface area contributed by atoms with E-state index in [1.807, 2.05) is 0 Å². The molecule has 0 heterocycles. The Kier molecular flexibility index (Phi) is 4.96. The van der Waals surface area contributed by atoms with Gasteiger partial charge in [0, 0.05) is 0 Å². The van der Waals surface area contributed by atoms with Gasteiger partial charge in [-0.05, 0) is 0 Å². The second-order valence-corrected chi connectivity index (χ2v) is 2.53. The summed E-state index contributed by atoms with van der Waals surface area (Å²) < 4.78 is 24.8. The fraction of sp³-hybridized carbons (Fsp3) is 0.222. The summed E-state index contributed by atoms with van der Waals surface area (Å²) >= 11 is 0. The summed E-state index contributed by atoms with van der Waals surface area (Å²) in [6.07, 6.45) is 2.25. The molecule has 0 saturated heterocycles. The topological polar surface area (TPSA) is 20.2 Å². The molecular formula is C9H10BF2O. The molecule has 0 aromatic rings. The molecule has 0 aromatic carbocycles. The van der Waals surface area contributed by atoms with Gasteiger partial charge < -0.3 is 0 Å². The number of aliphatic hydroxyl groups is 1. The van der Waals surface area contributed by atoms with Crippen LogP contribution in [0.5, 0.6) is 0 Å². The molecule has 0 aliphatic heterocycles. The molecule has 13 heavy (non-hydrogen) atoms. The monoisotopic (exact) mass is 183 g/mol. The molecule has 0 bridgehead atoms. The molecule has 0 saturated carbocycles.